The molecule has 0 radical (unpaired) electrons. The van der Waals surface area contributed by atoms with Crippen molar-refractivity contribution in [1.82, 2.24) is 5.32 Å². The van der Waals surface area contributed by atoms with Gasteiger partial charge in [-0.2, -0.15) is 4.33 Å². The number of hydrogen-bond donors (Lipinski definition) is 3. The number of sulfone groups is 1. The third-order valence-corrected chi connectivity index (χ3v) is 6.20. The Balaban J connectivity index is 1.62. The highest BCUT2D eigenvalue weighted by molar-refractivity contribution is 7.94. The van der Waals surface area contributed by atoms with Gasteiger partial charge in [-0.25, -0.2) is 13.3 Å². The Labute approximate surface area is 177 Å². The zero-order valence-electron chi connectivity index (χ0n) is 16.8. The summed E-state index contributed by atoms with van der Waals surface area (Å²) in [5, 5.41) is 9.41. The van der Waals surface area contributed by atoms with E-state index in [0.717, 1.165) is 41.4 Å². The lowest BCUT2D eigenvalue weighted by molar-refractivity contribution is -0.188. The standard InChI is InChI=1S/C20H29N3O4S2/c1-3-22-17-7-5-9-19(15-17)28-27-26-13-11-21-12-14-29(24,25)20-10-6-8-18(16-20)23-4-2/h5-10,15-16,21-23H,3-4,11-14H2,1-2H3. The number of nitrogens with one attached hydrogen (secondary N) is 3. The molecule has 0 atom stereocenters. The summed E-state index contributed by atoms with van der Waals surface area (Å²) in [5.74, 6) is 0.0232. The van der Waals surface area contributed by atoms with E-state index in [1.165, 1.54) is 0 Å². The molecule has 0 saturated carbocycles. The van der Waals surface area contributed by atoms with E-state index >= 15 is 0 Å². The number of benzene rings is 2. The largest absolute Gasteiger partial charge is 0.385 e. The van der Waals surface area contributed by atoms with E-state index < -0.39 is 9.84 Å². The third-order valence-electron chi connectivity index (χ3n) is 3.88. The third kappa shape index (κ3) is 8.63. The molecule has 0 amide bonds. The Bertz CT molecular complexity index is 847. The topological polar surface area (TPSA) is 88.7 Å². The molecule has 0 aliphatic heterocycles. The predicted molar refractivity (Wildman–Crippen MR) is 119 cm³/mol. The number of anilines is 2. The predicted octanol–water partition coefficient (Wildman–Crippen LogP) is 3.57. The normalized spacial score (nSPS) is 11.4. The first kappa shape index (κ1) is 23.5. The second kappa shape index (κ2) is 12.7. The van der Waals surface area contributed by atoms with E-state index in [-0.39, 0.29) is 5.75 Å². The summed E-state index contributed by atoms with van der Waals surface area (Å²) in [6, 6.07) is 14.7. The molecular weight excluding hydrogens is 410 g/mol. The van der Waals surface area contributed by atoms with Gasteiger partial charge in [-0.3, -0.25) is 0 Å². The highest BCUT2D eigenvalue weighted by Crippen LogP contribution is 2.22. The summed E-state index contributed by atoms with van der Waals surface area (Å²) < 4.78 is 30.0. The molecule has 7 nitrogen and oxygen atoms in total. The molecule has 2 aromatic rings. The van der Waals surface area contributed by atoms with Crippen LogP contribution in [0.1, 0.15) is 13.8 Å². The molecule has 3 N–H and O–H groups in total. The summed E-state index contributed by atoms with van der Waals surface area (Å²) in [6.45, 7) is 6.75. The summed E-state index contributed by atoms with van der Waals surface area (Å²) in [5.41, 5.74) is 1.83. The summed E-state index contributed by atoms with van der Waals surface area (Å²) in [7, 11) is -3.33. The molecule has 0 aliphatic carbocycles. The van der Waals surface area contributed by atoms with Gasteiger partial charge in [-0.1, -0.05) is 12.1 Å². The monoisotopic (exact) mass is 439 g/mol. The molecule has 0 spiro atoms. The first-order chi connectivity index (χ1) is 14.0. The van der Waals surface area contributed by atoms with Gasteiger partial charge in [0.25, 0.3) is 0 Å². The van der Waals surface area contributed by atoms with Gasteiger partial charge in [0.05, 0.1) is 29.3 Å². The molecule has 0 heterocycles. The van der Waals surface area contributed by atoms with E-state index in [4.69, 9.17) is 9.22 Å². The second-order valence-electron chi connectivity index (χ2n) is 6.16. The molecule has 160 valence electrons. The molecular formula is C20H29N3O4S2. The summed E-state index contributed by atoms with van der Waals surface area (Å²) >= 11 is 1.14. The van der Waals surface area contributed by atoms with Crippen LogP contribution in [0.5, 0.6) is 0 Å². The molecule has 0 bridgehead atoms. The van der Waals surface area contributed by atoms with Crippen molar-refractivity contribution in [2.45, 2.75) is 23.6 Å². The van der Waals surface area contributed by atoms with Crippen molar-refractivity contribution >= 4 is 33.3 Å². The SMILES string of the molecule is CCNc1cccc(SOOCCNCCS(=O)(=O)c2cccc(NCC)c2)c1. The maximum atomic E-state index is 12.4. The minimum Gasteiger partial charge on any atom is -0.385 e. The van der Waals surface area contributed by atoms with Gasteiger partial charge in [-0.15, -0.1) is 0 Å². The van der Waals surface area contributed by atoms with E-state index in [9.17, 15) is 8.42 Å². The van der Waals surface area contributed by atoms with Gasteiger partial charge < -0.3 is 16.0 Å². The first-order valence-electron chi connectivity index (χ1n) is 9.62. The lowest BCUT2D eigenvalue weighted by atomic mass is 10.3. The Hall–Kier alpha value is -1.78. The number of hydrogen-bond acceptors (Lipinski definition) is 8. The average Bonchev–Trinajstić information content (AvgIpc) is 2.71. The Morgan fingerprint density at radius 2 is 1.62 bits per heavy atom. The molecule has 2 aromatic carbocycles. The zero-order chi connectivity index (χ0) is 21.0. The van der Waals surface area contributed by atoms with Crippen molar-refractivity contribution < 1.29 is 17.6 Å². The Morgan fingerprint density at radius 1 is 0.931 bits per heavy atom. The van der Waals surface area contributed by atoms with Crippen molar-refractivity contribution in [2.24, 2.45) is 0 Å². The lowest BCUT2D eigenvalue weighted by Crippen LogP contribution is -2.26. The van der Waals surface area contributed by atoms with Crippen molar-refractivity contribution in [3.63, 3.8) is 0 Å². The van der Waals surface area contributed by atoms with Crippen LogP contribution in [0, 0.1) is 0 Å². The molecule has 0 aliphatic rings. The maximum Gasteiger partial charge on any atom is 0.179 e. The first-order valence-corrected chi connectivity index (χ1v) is 12.0. The van der Waals surface area contributed by atoms with Gasteiger partial charge in [0.2, 0.25) is 0 Å². The van der Waals surface area contributed by atoms with Crippen LogP contribution in [-0.4, -0.2) is 47.0 Å². The van der Waals surface area contributed by atoms with Crippen LogP contribution in [-0.2, 0) is 19.1 Å². The highest BCUT2D eigenvalue weighted by Gasteiger charge is 2.14. The molecule has 0 aromatic heterocycles. The van der Waals surface area contributed by atoms with E-state index in [1.54, 1.807) is 18.2 Å². The van der Waals surface area contributed by atoms with Gasteiger partial charge in [0, 0.05) is 42.4 Å². The van der Waals surface area contributed by atoms with Crippen LogP contribution in [0.4, 0.5) is 11.4 Å². The fraction of sp³-hybridized carbons (Fsp3) is 0.400. The van der Waals surface area contributed by atoms with E-state index in [1.807, 2.05) is 44.2 Å². The molecule has 29 heavy (non-hydrogen) atoms. The van der Waals surface area contributed by atoms with Crippen LogP contribution in [0.2, 0.25) is 0 Å². The lowest BCUT2D eigenvalue weighted by Gasteiger charge is -2.09. The summed E-state index contributed by atoms with van der Waals surface area (Å²) in [6.07, 6.45) is 0. The smallest absolute Gasteiger partial charge is 0.179 e. The zero-order valence-corrected chi connectivity index (χ0v) is 18.4. The van der Waals surface area contributed by atoms with Crippen LogP contribution >= 0.6 is 12.0 Å². The van der Waals surface area contributed by atoms with Gasteiger partial charge in [-0.05, 0) is 50.2 Å². The summed E-state index contributed by atoms with van der Waals surface area (Å²) in [4.78, 5) is 6.38. The van der Waals surface area contributed by atoms with Crippen LogP contribution < -0.4 is 16.0 Å². The fourth-order valence-corrected chi connectivity index (χ4v) is 4.27. The van der Waals surface area contributed by atoms with E-state index in [0.29, 0.717) is 24.6 Å². The molecule has 0 fully saturated rings. The highest BCUT2D eigenvalue weighted by atomic mass is 32.2. The van der Waals surface area contributed by atoms with Crippen molar-refractivity contribution in [3.05, 3.63) is 48.5 Å². The van der Waals surface area contributed by atoms with Crippen molar-refractivity contribution in [1.29, 1.82) is 0 Å². The van der Waals surface area contributed by atoms with Crippen molar-refractivity contribution in [2.75, 3.05) is 49.2 Å². The quantitative estimate of drug-likeness (QED) is 0.178. The molecule has 9 heteroatoms. The fourth-order valence-electron chi connectivity index (χ4n) is 2.53. The van der Waals surface area contributed by atoms with Gasteiger partial charge in [0.1, 0.15) is 0 Å². The number of rotatable bonds is 14. The van der Waals surface area contributed by atoms with Crippen LogP contribution in [0.25, 0.3) is 0 Å². The van der Waals surface area contributed by atoms with Crippen LogP contribution in [0.15, 0.2) is 58.3 Å². The van der Waals surface area contributed by atoms with Gasteiger partial charge >= 0.3 is 0 Å². The molecule has 0 unspecified atom stereocenters. The maximum absolute atomic E-state index is 12.4. The van der Waals surface area contributed by atoms with Crippen LogP contribution in [0.3, 0.4) is 0 Å². The Morgan fingerprint density at radius 3 is 2.34 bits per heavy atom. The van der Waals surface area contributed by atoms with Gasteiger partial charge in [0.15, 0.2) is 9.84 Å². The molecule has 0 saturated heterocycles. The minimum atomic E-state index is -3.33. The minimum absolute atomic E-state index is 0.0232. The average molecular weight is 440 g/mol. The Kier molecular flexibility index (Phi) is 10.3. The molecule has 2 rings (SSSR count). The second-order valence-corrected chi connectivity index (χ2v) is 9.04. The van der Waals surface area contributed by atoms with Crippen molar-refractivity contribution in [3.8, 4) is 0 Å². The van der Waals surface area contributed by atoms with E-state index in [2.05, 4.69) is 16.0 Å².